The van der Waals surface area contributed by atoms with Crippen molar-refractivity contribution in [3.63, 3.8) is 0 Å². The number of fused-ring (bicyclic) bond motifs is 1. The molecule has 0 saturated carbocycles. The molecule has 1 atom stereocenters. The number of pyridine rings is 1. The van der Waals surface area contributed by atoms with Gasteiger partial charge in [0.2, 0.25) is 0 Å². The molecular formula is C25H28N8O5. The van der Waals surface area contributed by atoms with Crippen LogP contribution in [0.5, 0.6) is 0 Å². The predicted octanol–water partition coefficient (Wildman–Crippen LogP) is 2.65. The highest BCUT2D eigenvalue weighted by atomic mass is 16.6. The quantitative estimate of drug-likeness (QED) is 0.439. The number of anilines is 2. The van der Waals surface area contributed by atoms with Crippen molar-refractivity contribution in [2.75, 3.05) is 56.3 Å². The minimum Gasteiger partial charge on any atom is -0.465 e. The fourth-order valence-electron chi connectivity index (χ4n) is 4.39. The average molecular weight is 521 g/mol. The topological polar surface area (TPSA) is 150 Å². The SMILES string of the molecule is C=CCOC(=O)N(CCOC)c1cn(-c2cc(C#N)ccn2)c2ncnc(N3CCN(C(=O)O)CC3C)c12. The number of piperazine rings is 1. The minimum absolute atomic E-state index is 0.0181. The highest BCUT2D eigenvalue weighted by Gasteiger charge is 2.32. The number of methoxy groups -OCH3 is 1. The molecule has 0 aliphatic carbocycles. The summed E-state index contributed by atoms with van der Waals surface area (Å²) in [5, 5.41) is 19.4. The number of ether oxygens (including phenoxy) is 2. The number of hydrogen-bond acceptors (Lipinski definition) is 9. The molecule has 198 valence electrons. The number of nitriles is 1. The Bertz CT molecular complexity index is 1380. The molecule has 3 aromatic heterocycles. The Kier molecular flexibility index (Phi) is 8.03. The van der Waals surface area contributed by atoms with Gasteiger partial charge in [-0.3, -0.25) is 9.47 Å². The van der Waals surface area contributed by atoms with E-state index in [0.29, 0.717) is 47.0 Å². The molecule has 38 heavy (non-hydrogen) atoms. The van der Waals surface area contributed by atoms with Crippen LogP contribution in [-0.2, 0) is 9.47 Å². The van der Waals surface area contributed by atoms with E-state index < -0.39 is 12.2 Å². The number of carbonyl (C=O) groups is 2. The third-order valence-electron chi connectivity index (χ3n) is 6.19. The molecule has 2 amide bonds. The number of amides is 2. The maximum Gasteiger partial charge on any atom is 0.414 e. The lowest BCUT2D eigenvalue weighted by Crippen LogP contribution is -2.53. The van der Waals surface area contributed by atoms with Crippen LogP contribution in [0.15, 0.2) is 43.5 Å². The molecule has 1 N–H and O–H groups in total. The normalized spacial score (nSPS) is 15.2. The van der Waals surface area contributed by atoms with Gasteiger partial charge in [-0.1, -0.05) is 12.7 Å². The highest BCUT2D eigenvalue weighted by molar-refractivity contribution is 6.06. The Hall–Kier alpha value is -4.70. The number of carboxylic acid groups (broad SMARTS) is 1. The van der Waals surface area contributed by atoms with E-state index in [1.165, 1.54) is 35.5 Å². The number of carbonyl (C=O) groups excluding carboxylic acids is 1. The van der Waals surface area contributed by atoms with Crippen LogP contribution in [-0.4, -0.2) is 94.3 Å². The zero-order valence-corrected chi connectivity index (χ0v) is 21.1. The van der Waals surface area contributed by atoms with E-state index in [2.05, 4.69) is 27.6 Å². The summed E-state index contributed by atoms with van der Waals surface area (Å²) in [5.74, 6) is 0.969. The Morgan fingerprint density at radius 3 is 2.84 bits per heavy atom. The summed E-state index contributed by atoms with van der Waals surface area (Å²) in [4.78, 5) is 43.0. The second kappa shape index (κ2) is 11.6. The van der Waals surface area contributed by atoms with Gasteiger partial charge in [-0.2, -0.15) is 5.26 Å². The second-order valence-corrected chi connectivity index (χ2v) is 8.58. The van der Waals surface area contributed by atoms with Gasteiger partial charge in [0.05, 0.1) is 35.9 Å². The molecule has 1 saturated heterocycles. The van der Waals surface area contributed by atoms with Crippen LogP contribution in [0.4, 0.5) is 21.1 Å². The van der Waals surface area contributed by atoms with Crippen molar-refractivity contribution in [1.29, 1.82) is 5.26 Å². The summed E-state index contributed by atoms with van der Waals surface area (Å²) in [6.07, 6.45) is 4.53. The van der Waals surface area contributed by atoms with Gasteiger partial charge >= 0.3 is 12.2 Å². The Balaban J connectivity index is 1.92. The first-order valence-corrected chi connectivity index (χ1v) is 11.9. The molecule has 1 aliphatic rings. The van der Waals surface area contributed by atoms with Gasteiger partial charge in [-0.25, -0.2) is 24.5 Å². The van der Waals surface area contributed by atoms with Crippen molar-refractivity contribution in [1.82, 2.24) is 24.4 Å². The summed E-state index contributed by atoms with van der Waals surface area (Å²) in [5.41, 5.74) is 1.32. The number of nitrogens with zero attached hydrogens (tertiary/aromatic N) is 8. The fourth-order valence-corrected chi connectivity index (χ4v) is 4.39. The lowest BCUT2D eigenvalue weighted by Gasteiger charge is -2.39. The summed E-state index contributed by atoms with van der Waals surface area (Å²) in [6.45, 7) is 6.92. The van der Waals surface area contributed by atoms with Gasteiger partial charge in [0.25, 0.3) is 0 Å². The number of aromatic nitrogens is 4. The first-order chi connectivity index (χ1) is 18.4. The molecule has 0 spiro atoms. The number of rotatable bonds is 8. The van der Waals surface area contributed by atoms with Crippen molar-refractivity contribution in [3.05, 3.63) is 49.1 Å². The van der Waals surface area contributed by atoms with Crippen LogP contribution >= 0.6 is 0 Å². The van der Waals surface area contributed by atoms with Gasteiger partial charge in [0, 0.05) is 45.2 Å². The van der Waals surface area contributed by atoms with E-state index in [4.69, 9.17) is 9.47 Å². The van der Waals surface area contributed by atoms with Gasteiger partial charge in [0.15, 0.2) is 5.65 Å². The molecule has 0 radical (unpaired) electrons. The molecule has 13 heteroatoms. The second-order valence-electron chi connectivity index (χ2n) is 8.58. The van der Waals surface area contributed by atoms with Crippen LogP contribution in [0.25, 0.3) is 16.9 Å². The fraction of sp³-hybridized carbons (Fsp3) is 0.360. The maximum atomic E-state index is 13.2. The third kappa shape index (κ3) is 5.21. The smallest absolute Gasteiger partial charge is 0.414 e. The van der Waals surface area contributed by atoms with Crippen LogP contribution in [0.1, 0.15) is 12.5 Å². The first-order valence-electron chi connectivity index (χ1n) is 11.9. The molecule has 13 nitrogen and oxygen atoms in total. The highest BCUT2D eigenvalue weighted by Crippen LogP contribution is 2.37. The lowest BCUT2D eigenvalue weighted by atomic mass is 10.1. The molecule has 1 fully saturated rings. The van der Waals surface area contributed by atoms with Gasteiger partial charge < -0.3 is 24.4 Å². The molecular weight excluding hydrogens is 492 g/mol. The van der Waals surface area contributed by atoms with Crippen LogP contribution in [0.2, 0.25) is 0 Å². The molecule has 0 aromatic carbocycles. The van der Waals surface area contributed by atoms with Crippen molar-refractivity contribution in [2.45, 2.75) is 13.0 Å². The Labute approximate surface area is 219 Å². The summed E-state index contributed by atoms with van der Waals surface area (Å²) < 4.78 is 12.3. The summed E-state index contributed by atoms with van der Waals surface area (Å²) in [6, 6.07) is 5.12. The molecule has 1 aliphatic heterocycles. The van der Waals surface area contributed by atoms with Crippen LogP contribution < -0.4 is 9.80 Å². The van der Waals surface area contributed by atoms with Gasteiger partial charge in [-0.05, 0) is 19.1 Å². The largest absolute Gasteiger partial charge is 0.465 e. The van der Waals surface area contributed by atoms with Gasteiger partial charge in [-0.15, -0.1) is 0 Å². The van der Waals surface area contributed by atoms with Crippen LogP contribution in [0.3, 0.4) is 0 Å². The zero-order chi connectivity index (χ0) is 27.2. The monoisotopic (exact) mass is 520 g/mol. The third-order valence-corrected chi connectivity index (χ3v) is 6.19. The zero-order valence-electron chi connectivity index (χ0n) is 21.1. The first kappa shape index (κ1) is 26.4. The van der Waals surface area contributed by atoms with E-state index in [1.54, 1.807) is 22.9 Å². The van der Waals surface area contributed by atoms with E-state index >= 15 is 0 Å². The Morgan fingerprint density at radius 1 is 1.34 bits per heavy atom. The molecule has 4 heterocycles. The average Bonchev–Trinajstić information content (AvgIpc) is 3.32. The standard InChI is InChI=1S/C25H28N8O5/c1-4-10-38-25(36)32(9-11-37-3)19-15-33(20-12-18(13-26)5-6-27-20)23-21(19)22(28-16-29-23)31-8-7-30(24(34)35)14-17(31)2/h4-6,12,15-17H,1,7-11,14H2,2-3H3,(H,34,35). The van der Waals surface area contributed by atoms with E-state index in [9.17, 15) is 20.0 Å². The van der Waals surface area contributed by atoms with Gasteiger partial charge in [0.1, 0.15) is 24.6 Å². The molecule has 3 aromatic rings. The van der Waals surface area contributed by atoms with Crippen molar-refractivity contribution >= 4 is 34.7 Å². The predicted molar refractivity (Wildman–Crippen MR) is 139 cm³/mol. The minimum atomic E-state index is -0.977. The number of hydrogen-bond donors (Lipinski definition) is 1. The Morgan fingerprint density at radius 2 is 2.16 bits per heavy atom. The molecule has 1 unspecified atom stereocenters. The van der Waals surface area contributed by atoms with Crippen molar-refractivity contribution in [2.24, 2.45) is 0 Å². The molecule has 4 rings (SSSR count). The van der Waals surface area contributed by atoms with Crippen molar-refractivity contribution < 1.29 is 24.2 Å². The lowest BCUT2D eigenvalue weighted by molar-refractivity contribution is 0.136. The molecule has 0 bridgehead atoms. The van der Waals surface area contributed by atoms with Crippen LogP contribution in [0, 0.1) is 11.3 Å². The maximum absolute atomic E-state index is 13.2. The van der Waals surface area contributed by atoms with Crippen molar-refractivity contribution in [3.8, 4) is 11.9 Å². The van der Waals surface area contributed by atoms with E-state index in [-0.39, 0.29) is 32.3 Å². The van der Waals surface area contributed by atoms with E-state index in [0.717, 1.165) is 0 Å². The summed E-state index contributed by atoms with van der Waals surface area (Å²) in [7, 11) is 1.53. The van der Waals surface area contributed by atoms with E-state index in [1.807, 2.05) is 11.8 Å². The summed E-state index contributed by atoms with van der Waals surface area (Å²) >= 11 is 0.